The molecule has 1 aromatic carbocycles. The van der Waals surface area contributed by atoms with Crippen molar-refractivity contribution in [2.45, 2.75) is 42.0 Å². The number of nitrogens with two attached hydrogens (primary N) is 1. The molecule has 3 aliphatic rings. The normalized spacial score (nSPS) is 18.8. The van der Waals surface area contributed by atoms with Gasteiger partial charge in [-0.2, -0.15) is 0 Å². The molecule has 0 atom stereocenters. The molecule has 34 heavy (non-hydrogen) atoms. The molecule has 6 rings (SSSR count). The van der Waals surface area contributed by atoms with E-state index in [1.807, 2.05) is 0 Å². The van der Waals surface area contributed by atoms with E-state index in [4.69, 9.17) is 17.3 Å². The second-order valence-electron chi connectivity index (χ2n) is 9.37. The number of hydrogen-bond donors (Lipinski definition) is 1. The SMILES string of the molecule is Nc1nc(N2CCC3(CC2)Cc2ccccc2C3)cnc1Sc1ccnc(N2CCC2=O)c1Cl. The lowest BCUT2D eigenvalue weighted by Crippen LogP contribution is -2.44. The Kier molecular flexibility index (Phi) is 5.37. The molecule has 0 bridgehead atoms. The van der Waals surface area contributed by atoms with Crippen LogP contribution >= 0.6 is 23.4 Å². The van der Waals surface area contributed by atoms with Gasteiger partial charge in [-0.3, -0.25) is 9.69 Å². The molecule has 1 amide bonds. The molecule has 2 N–H and O–H groups in total. The minimum absolute atomic E-state index is 0.0324. The lowest BCUT2D eigenvalue weighted by molar-refractivity contribution is -0.122. The number of benzene rings is 1. The van der Waals surface area contributed by atoms with Crippen molar-refractivity contribution in [3.63, 3.8) is 0 Å². The van der Waals surface area contributed by atoms with E-state index in [9.17, 15) is 4.79 Å². The number of amides is 1. The average molecular weight is 493 g/mol. The number of fused-ring (bicyclic) bond motifs is 1. The number of β-lactam (4-membered cyclic amide) rings is 1. The van der Waals surface area contributed by atoms with Crippen molar-refractivity contribution in [1.82, 2.24) is 15.0 Å². The number of carbonyl (C=O) groups excluding carboxylic acids is 1. The van der Waals surface area contributed by atoms with Crippen LogP contribution in [0.25, 0.3) is 0 Å². The first-order valence-electron chi connectivity index (χ1n) is 11.6. The smallest absolute Gasteiger partial charge is 0.229 e. The summed E-state index contributed by atoms with van der Waals surface area (Å²) in [5.41, 5.74) is 9.71. The van der Waals surface area contributed by atoms with Crippen molar-refractivity contribution >= 4 is 46.7 Å². The van der Waals surface area contributed by atoms with Crippen LogP contribution in [0.3, 0.4) is 0 Å². The number of halogens is 1. The summed E-state index contributed by atoms with van der Waals surface area (Å²) in [4.78, 5) is 30.0. The first kappa shape index (κ1) is 21.7. The van der Waals surface area contributed by atoms with E-state index < -0.39 is 0 Å². The van der Waals surface area contributed by atoms with Gasteiger partial charge in [0.05, 0.1) is 11.2 Å². The number of nitrogen functional groups attached to an aromatic ring is 1. The van der Waals surface area contributed by atoms with Crippen LogP contribution in [0.2, 0.25) is 5.02 Å². The Morgan fingerprint density at radius 1 is 1.03 bits per heavy atom. The Morgan fingerprint density at radius 3 is 2.38 bits per heavy atom. The second-order valence-corrected chi connectivity index (χ2v) is 10.8. The van der Waals surface area contributed by atoms with Crippen LogP contribution in [-0.2, 0) is 17.6 Å². The fraction of sp³-hybridized carbons (Fsp3) is 0.360. The molecule has 0 radical (unpaired) electrons. The fourth-order valence-electron chi connectivity index (χ4n) is 5.28. The maximum absolute atomic E-state index is 11.8. The summed E-state index contributed by atoms with van der Waals surface area (Å²) < 4.78 is 0. The molecule has 9 heteroatoms. The molecule has 0 unspecified atom stereocenters. The van der Waals surface area contributed by atoms with E-state index in [1.165, 1.54) is 35.7 Å². The molecule has 2 aliphatic heterocycles. The highest BCUT2D eigenvalue weighted by Crippen LogP contribution is 2.45. The second kappa shape index (κ2) is 8.43. The molecule has 7 nitrogen and oxygen atoms in total. The first-order chi connectivity index (χ1) is 16.5. The molecule has 174 valence electrons. The number of nitrogens with zero attached hydrogens (tertiary/aromatic N) is 5. The predicted octanol–water partition coefficient (Wildman–Crippen LogP) is 4.38. The van der Waals surface area contributed by atoms with E-state index in [1.54, 1.807) is 23.4 Å². The fourth-order valence-corrected chi connectivity index (χ4v) is 6.38. The number of pyridine rings is 1. The number of anilines is 3. The Labute approximate surface area is 207 Å². The molecule has 1 spiro atoms. The lowest BCUT2D eigenvalue weighted by atomic mass is 9.76. The zero-order chi connectivity index (χ0) is 23.3. The van der Waals surface area contributed by atoms with Gasteiger partial charge in [0.1, 0.15) is 10.8 Å². The zero-order valence-electron chi connectivity index (χ0n) is 18.7. The average Bonchev–Trinajstić information content (AvgIpc) is 3.19. The minimum atomic E-state index is 0.0324. The van der Waals surface area contributed by atoms with Crippen molar-refractivity contribution in [1.29, 1.82) is 0 Å². The van der Waals surface area contributed by atoms with Gasteiger partial charge in [-0.05, 0) is 48.3 Å². The third kappa shape index (κ3) is 3.79. The Morgan fingerprint density at radius 2 is 1.76 bits per heavy atom. The number of hydrogen-bond acceptors (Lipinski definition) is 7. The van der Waals surface area contributed by atoms with Crippen LogP contribution in [0.5, 0.6) is 0 Å². The molecule has 3 aromatic rings. The van der Waals surface area contributed by atoms with E-state index >= 15 is 0 Å². The Hall–Kier alpha value is -2.84. The predicted molar refractivity (Wildman–Crippen MR) is 135 cm³/mol. The van der Waals surface area contributed by atoms with Gasteiger partial charge in [-0.1, -0.05) is 47.6 Å². The van der Waals surface area contributed by atoms with Crippen LogP contribution in [0.1, 0.15) is 30.4 Å². The molecule has 0 saturated carbocycles. The highest BCUT2D eigenvalue weighted by Gasteiger charge is 2.40. The number of rotatable bonds is 4. The van der Waals surface area contributed by atoms with Gasteiger partial charge in [0.2, 0.25) is 5.91 Å². The maximum atomic E-state index is 11.8. The van der Waals surface area contributed by atoms with Crippen molar-refractivity contribution in [3.8, 4) is 0 Å². The van der Waals surface area contributed by atoms with Crippen LogP contribution in [0.15, 0.2) is 52.6 Å². The molecule has 2 aromatic heterocycles. The number of piperidine rings is 1. The summed E-state index contributed by atoms with van der Waals surface area (Å²) >= 11 is 7.90. The molecule has 2 fully saturated rings. The van der Waals surface area contributed by atoms with Crippen LogP contribution in [-0.4, -0.2) is 40.5 Å². The van der Waals surface area contributed by atoms with Crippen LogP contribution in [0.4, 0.5) is 17.5 Å². The van der Waals surface area contributed by atoms with Gasteiger partial charge >= 0.3 is 0 Å². The van der Waals surface area contributed by atoms with Crippen molar-refractivity contribution in [2.24, 2.45) is 5.41 Å². The summed E-state index contributed by atoms with van der Waals surface area (Å²) in [6.07, 6.45) is 8.62. The van der Waals surface area contributed by atoms with Gasteiger partial charge in [0.25, 0.3) is 0 Å². The van der Waals surface area contributed by atoms with Gasteiger partial charge in [0.15, 0.2) is 11.6 Å². The lowest BCUT2D eigenvalue weighted by Gasteiger charge is -2.40. The third-order valence-electron chi connectivity index (χ3n) is 7.30. The summed E-state index contributed by atoms with van der Waals surface area (Å²) in [6, 6.07) is 10.7. The van der Waals surface area contributed by atoms with Crippen molar-refractivity contribution < 1.29 is 4.79 Å². The molecular formula is C25H25ClN6OS. The first-order valence-corrected chi connectivity index (χ1v) is 12.8. The van der Waals surface area contributed by atoms with Crippen molar-refractivity contribution in [2.75, 3.05) is 35.2 Å². The molecular weight excluding hydrogens is 468 g/mol. The van der Waals surface area contributed by atoms with E-state index in [2.05, 4.69) is 44.1 Å². The highest BCUT2D eigenvalue weighted by atomic mass is 35.5. The third-order valence-corrected chi connectivity index (χ3v) is 8.85. The zero-order valence-corrected chi connectivity index (χ0v) is 20.3. The minimum Gasteiger partial charge on any atom is -0.381 e. The topological polar surface area (TPSA) is 88.2 Å². The van der Waals surface area contributed by atoms with Gasteiger partial charge in [-0.25, -0.2) is 15.0 Å². The highest BCUT2D eigenvalue weighted by molar-refractivity contribution is 7.99. The van der Waals surface area contributed by atoms with Crippen molar-refractivity contribution in [3.05, 3.63) is 58.9 Å². The van der Waals surface area contributed by atoms with E-state index in [0.717, 1.165) is 36.6 Å². The van der Waals surface area contributed by atoms with Gasteiger partial charge in [-0.15, -0.1) is 0 Å². The molecule has 1 aliphatic carbocycles. The standard InChI is InChI=1S/C25H25ClN6OS/c26-21-18(5-9-28-23(21)32-10-6-20(32)33)34-24-22(27)30-19(15-29-24)31-11-7-25(8-12-31)13-16-3-1-2-4-17(16)14-25/h1-5,9,15H,6-8,10-14H2,(H2,27,30). The summed E-state index contributed by atoms with van der Waals surface area (Å²) in [5.74, 6) is 1.72. The number of aromatic nitrogens is 3. The van der Waals surface area contributed by atoms with Crippen LogP contribution in [0, 0.1) is 5.41 Å². The quantitative estimate of drug-likeness (QED) is 0.540. The maximum Gasteiger partial charge on any atom is 0.229 e. The number of carbonyl (C=O) groups is 1. The molecule has 2 saturated heterocycles. The Bertz CT molecular complexity index is 1250. The van der Waals surface area contributed by atoms with E-state index in [-0.39, 0.29) is 5.91 Å². The molecule has 4 heterocycles. The largest absolute Gasteiger partial charge is 0.381 e. The Balaban J connectivity index is 1.14. The monoisotopic (exact) mass is 492 g/mol. The van der Waals surface area contributed by atoms with Crippen LogP contribution < -0.4 is 15.5 Å². The van der Waals surface area contributed by atoms with E-state index in [0.29, 0.717) is 40.1 Å². The summed E-state index contributed by atoms with van der Waals surface area (Å²) in [6.45, 7) is 2.55. The summed E-state index contributed by atoms with van der Waals surface area (Å²) in [7, 11) is 0. The summed E-state index contributed by atoms with van der Waals surface area (Å²) in [5, 5.41) is 1.03. The van der Waals surface area contributed by atoms with Gasteiger partial charge in [0, 0.05) is 37.1 Å². The van der Waals surface area contributed by atoms with Gasteiger partial charge < -0.3 is 10.6 Å².